The lowest BCUT2D eigenvalue weighted by Crippen LogP contribution is -2.46. The van der Waals surface area contributed by atoms with Crippen molar-refractivity contribution >= 4 is 33.4 Å². The lowest BCUT2D eigenvalue weighted by atomic mass is 10.0. The van der Waals surface area contributed by atoms with Gasteiger partial charge in [0.15, 0.2) is 0 Å². The van der Waals surface area contributed by atoms with Crippen LogP contribution in [-0.4, -0.2) is 61.2 Å². The monoisotopic (exact) mass is 518 g/mol. The van der Waals surface area contributed by atoms with Crippen LogP contribution in [0.3, 0.4) is 0 Å². The van der Waals surface area contributed by atoms with E-state index in [2.05, 4.69) is 9.88 Å². The third kappa shape index (κ3) is 4.69. The Labute approximate surface area is 212 Å². The quantitative estimate of drug-likeness (QED) is 0.407. The molecule has 2 aromatic heterocycles. The molecule has 1 aliphatic rings. The zero-order chi connectivity index (χ0) is 26.1. The zero-order valence-electron chi connectivity index (χ0n) is 20.1. The first-order chi connectivity index (χ1) is 17.2. The minimum atomic E-state index is -0.879. The van der Waals surface area contributed by atoms with Crippen LogP contribution in [0.2, 0.25) is 0 Å². The molecule has 0 spiro atoms. The van der Waals surface area contributed by atoms with Crippen molar-refractivity contribution in [3.63, 3.8) is 0 Å². The van der Waals surface area contributed by atoms with Crippen molar-refractivity contribution in [2.24, 2.45) is 0 Å². The highest BCUT2D eigenvalue weighted by molar-refractivity contribution is 6.67. The Morgan fingerprint density at radius 3 is 2.42 bits per heavy atom. The standard InChI is InChI=1S/C25H28ClFN4O5/c1-3-30-11-17(25(26)36)24(35)15-8-19(27)22(9-21(15)30)31-6-4-29(5-7-31)10-16-18(12-32)23(34)14(2)28-20(16)13-33/h8-9,11,32-34H,3-7,10,12-13H2,1-2H3. The Hall–Kier alpha value is -3.05. The van der Waals surface area contributed by atoms with Gasteiger partial charge in [-0.15, -0.1) is 0 Å². The molecule has 0 saturated carbocycles. The number of rotatable bonds is 7. The predicted molar refractivity (Wildman–Crippen MR) is 134 cm³/mol. The molecule has 9 nitrogen and oxygen atoms in total. The molecule has 1 aliphatic heterocycles. The van der Waals surface area contributed by atoms with Crippen molar-refractivity contribution in [2.45, 2.75) is 40.2 Å². The molecular weight excluding hydrogens is 491 g/mol. The summed E-state index contributed by atoms with van der Waals surface area (Å²) in [5, 5.41) is 29.1. The molecule has 192 valence electrons. The predicted octanol–water partition coefficient (Wildman–Crippen LogP) is 2.26. The molecule has 0 atom stereocenters. The van der Waals surface area contributed by atoms with Gasteiger partial charge < -0.3 is 24.8 Å². The van der Waals surface area contributed by atoms with Crippen LogP contribution in [0.15, 0.2) is 23.1 Å². The third-order valence-corrected chi connectivity index (χ3v) is 6.95. The number of aryl methyl sites for hydroxylation is 2. The molecule has 36 heavy (non-hydrogen) atoms. The summed E-state index contributed by atoms with van der Waals surface area (Å²) in [5.74, 6) is -0.643. The number of pyridine rings is 2. The maximum absolute atomic E-state index is 15.2. The Balaban J connectivity index is 1.59. The first kappa shape index (κ1) is 26.0. The molecule has 11 heteroatoms. The zero-order valence-corrected chi connectivity index (χ0v) is 20.8. The van der Waals surface area contributed by atoms with E-state index in [1.54, 1.807) is 17.6 Å². The molecule has 0 bridgehead atoms. The molecule has 0 radical (unpaired) electrons. The Kier molecular flexibility index (Phi) is 7.60. The Morgan fingerprint density at radius 1 is 1.14 bits per heavy atom. The minimum absolute atomic E-state index is 0.0810. The third-order valence-electron chi connectivity index (χ3n) is 6.75. The van der Waals surface area contributed by atoms with Crippen LogP contribution in [0.4, 0.5) is 10.1 Å². The number of aromatic hydroxyl groups is 1. The van der Waals surface area contributed by atoms with Crippen LogP contribution < -0.4 is 10.3 Å². The second-order valence-corrected chi connectivity index (χ2v) is 9.12. The van der Waals surface area contributed by atoms with Gasteiger partial charge in [0, 0.05) is 56.4 Å². The van der Waals surface area contributed by atoms with Crippen molar-refractivity contribution < 1.29 is 24.5 Å². The first-order valence-electron chi connectivity index (χ1n) is 11.7. The van der Waals surface area contributed by atoms with Crippen LogP contribution in [0, 0.1) is 12.7 Å². The maximum atomic E-state index is 15.2. The van der Waals surface area contributed by atoms with E-state index in [9.17, 15) is 24.9 Å². The number of carbonyl (C=O) groups excluding carboxylic acids is 1. The number of nitrogens with zero attached hydrogens (tertiary/aromatic N) is 4. The topological polar surface area (TPSA) is 119 Å². The van der Waals surface area contributed by atoms with Gasteiger partial charge in [-0.1, -0.05) is 0 Å². The summed E-state index contributed by atoms with van der Waals surface area (Å²) in [4.78, 5) is 32.6. The molecule has 1 saturated heterocycles. The molecule has 3 N–H and O–H groups in total. The lowest BCUT2D eigenvalue weighted by molar-refractivity contribution is 0.108. The van der Waals surface area contributed by atoms with Gasteiger partial charge in [-0.25, -0.2) is 4.39 Å². The van der Waals surface area contributed by atoms with Gasteiger partial charge in [0.1, 0.15) is 11.6 Å². The van der Waals surface area contributed by atoms with E-state index in [1.165, 1.54) is 6.20 Å². The van der Waals surface area contributed by atoms with Crippen molar-refractivity contribution in [1.29, 1.82) is 0 Å². The van der Waals surface area contributed by atoms with Crippen LogP contribution >= 0.6 is 11.6 Å². The van der Waals surface area contributed by atoms with Gasteiger partial charge in [0.25, 0.3) is 5.24 Å². The van der Waals surface area contributed by atoms with Crippen LogP contribution in [0.1, 0.15) is 39.8 Å². The average molecular weight is 519 g/mol. The van der Waals surface area contributed by atoms with Crippen LogP contribution in [-0.2, 0) is 26.3 Å². The van der Waals surface area contributed by atoms with Crippen LogP contribution in [0.5, 0.6) is 5.75 Å². The molecular formula is C25H28ClFN4O5. The van der Waals surface area contributed by atoms with E-state index >= 15 is 4.39 Å². The highest BCUT2D eigenvalue weighted by Crippen LogP contribution is 2.30. The summed E-state index contributed by atoms with van der Waals surface area (Å²) in [7, 11) is 0. The van der Waals surface area contributed by atoms with E-state index < -0.39 is 16.5 Å². The van der Waals surface area contributed by atoms with E-state index in [0.29, 0.717) is 73.0 Å². The fourth-order valence-corrected chi connectivity index (χ4v) is 4.89. The normalized spacial score (nSPS) is 14.6. The lowest BCUT2D eigenvalue weighted by Gasteiger charge is -2.37. The van der Waals surface area contributed by atoms with E-state index in [-0.39, 0.29) is 29.9 Å². The molecule has 3 aromatic rings. The second kappa shape index (κ2) is 10.5. The van der Waals surface area contributed by atoms with Gasteiger partial charge in [-0.05, 0) is 43.1 Å². The minimum Gasteiger partial charge on any atom is -0.506 e. The number of carbonyl (C=O) groups is 1. The van der Waals surface area contributed by atoms with E-state index in [0.717, 1.165) is 6.07 Å². The molecule has 3 heterocycles. The highest BCUT2D eigenvalue weighted by Gasteiger charge is 2.25. The number of aliphatic hydroxyl groups is 2. The first-order valence-corrected chi connectivity index (χ1v) is 12.0. The Bertz CT molecular complexity index is 1390. The molecule has 0 aliphatic carbocycles. The number of hydrogen-bond acceptors (Lipinski definition) is 8. The molecule has 0 amide bonds. The number of halogens is 2. The molecule has 0 unspecified atom stereocenters. The number of hydrogen-bond donors (Lipinski definition) is 3. The van der Waals surface area contributed by atoms with Crippen molar-refractivity contribution in [3.05, 3.63) is 62.4 Å². The van der Waals surface area contributed by atoms with Crippen molar-refractivity contribution in [3.8, 4) is 5.75 Å². The van der Waals surface area contributed by atoms with Gasteiger partial charge in [0.05, 0.1) is 41.4 Å². The number of aromatic nitrogens is 2. The summed E-state index contributed by atoms with van der Waals surface area (Å²) >= 11 is 5.55. The summed E-state index contributed by atoms with van der Waals surface area (Å²) in [6, 6.07) is 2.79. The van der Waals surface area contributed by atoms with Crippen molar-refractivity contribution in [2.75, 3.05) is 31.1 Å². The largest absolute Gasteiger partial charge is 0.506 e. The number of benzene rings is 1. The maximum Gasteiger partial charge on any atom is 0.257 e. The van der Waals surface area contributed by atoms with Gasteiger partial charge in [-0.2, -0.15) is 0 Å². The second-order valence-electron chi connectivity index (χ2n) is 8.78. The van der Waals surface area contributed by atoms with Crippen molar-refractivity contribution in [1.82, 2.24) is 14.5 Å². The summed E-state index contributed by atoms with van der Waals surface area (Å²) in [6.45, 7) is 5.70. The molecule has 1 fully saturated rings. The number of piperazine rings is 1. The molecule has 1 aromatic carbocycles. The summed E-state index contributed by atoms with van der Waals surface area (Å²) in [6.07, 6.45) is 1.40. The summed E-state index contributed by atoms with van der Waals surface area (Å²) < 4.78 is 16.9. The number of fused-ring (bicyclic) bond motifs is 1. The fraction of sp³-hybridized carbons (Fsp3) is 0.400. The fourth-order valence-electron chi connectivity index (χ4n) is 4.76. The highest BCUT2D eigenvalue weighted by atomic mass is 35.5. The van der Waals surface area contributed by atoms with Gasteiger partial charge >= 0.3 is 0 Å². The smallest absolute Gasteiger partial charge is 0.257 e. The number of anilines is 1. The molecule has 4 rings (SSSR count). The van der Waals surface area contributed by atoms with E-state index in [4.69, 9.17) is 11.6 Å². The average Bonchev–Trinajstić information content (AvgIpc) is 2.87. The van der Waals surface area contributed by atoms with Gasteiger partial charge in [-0.3, -0.25) is 19.5 Å². The summed E-state index contributed by atoms with van der Waals surface area (Å²) in [5.41, 5.74) is 1.78. The Morgan fingerprint density at radius 2 is 1.83 bits per heavy atom. The van der Waals surface area contributed by atoms with Gasteiger partial charge in [0.2, 0.25) is 5.43 Å². The SMILES string of the molecule is CCn1cc(C(=O)Cl)c(=O)c2cc(F)c(N3CCN(Cc4c(CO)nc(C)c(O)c4CO)CC3)cc21. The van der Waals surface area contributed by atoms with E-state index in [1.807, 2.05) is 11.8 Å². The van der Waals surface area contributed by atoms with Crippen LogP contribution in [0.25, 0.3) is 10.9 Å². The number of aliphatic hydroxyl groups excluding tert-OH is 2.